The summed E-state index contributed by atoms with van der Waals surface area (Å²) in [5, 5.41) is 18.1. The third kappa shape index (κ3) is 3.54. The molecule has 9 heteroatoms. The summed E-state index contributed by atoms with van der Waals surface area (Å²) in [6.07, 6.45) is -8.60. The molecule has 2 atom stereocenters. The Morgan fingerprint density at radius 3 is 2.05 bits per heavy atom. The Hall–Kier alpha value is -1.02. The molecule has 0 radical (unpaired) electrons. The van der Waals surface area contributed by atoms with Gasteiger partial charge in [-0.05, 0) is 12.1 Å². The number of ether oxygens (including phenoxy) is 1. The van der Waals surface area contributed by atoms with E-state index in [2.05, 4.69) is 4.74 Å². The van der Waals surface area contributed by atoms with E-state index in [9.17, 15) is 28.2 Å². The van der Waals surface area contributed by atoms with Crippen LogP contribution in [0.15, 0.2) is 12.1 Å². The van der Waals surface area contributed by atoms with E-state index < -0.39 is 40.0 Å². The highest BCUT2D eigenvalue weighted by Crippen LogP contribution is 2.39. The van der Waals surface area contributed by atoms with Crippen LogP contribution >= 0.6 is 23.2 Å². The molecule has 20 heavy (non-hydrogen) atoms. The predicted molar refractivity (Wildman–Crippen MR) is 64.4 cm³/mol. The molecule has 0 saturated heterocycles. The number of carbonyl (C=O) groups excluding carboxylic acids is 1. The van der Waals surface area contributed by atoms with Crippen molar-refractivity contribution in [3.63, 3.8) is 0 Å². The first kappa shape index (κ1) is 17.0. The Balaban J connectivity index is 3.24. The molecule has 1 aromatic carbocycles. The van der Waals surface area contributed by atoms with Gasteiger partial charge in [-0.2, -0.15) is 13.2 Å². The van der Waals surface area contributed by atoms with Gasteiger partial charge < -0.3 is 14.9 Å². The Labute approximate surface area is 121 Å². The van der Waals surface area contributed by atoms with Gasteiger partial charge in [-0.1, -0.05) is 23.2 Å². The van der Waals surface area contributed by atoms with Crippen LogP contribution < -0.4 is 0 Å². The van der Waals surface area contributed by atoms with Crippen LogP contribution in [-0.4, -0.2) is 29.4 Å². The van der Waals surface area contributed by atoms with Gasteiger partial charge in [0.1, 0.15) is 6.10 Å². The summed E-state index contributed by atoms with van der Waals surface area (Å²) in [4.78, 5) is 11.1. The molecule has 2 N–H and O–H groups in total. The Kier molecular flexibility index (Phi) is 5.26. The van der Waals surface area contributed by atoms with Crippen molar-refractivity contribution in [3.05, 3.63) is 33.3 Å². The van der Waals surface area contributed by atoms with E-state index in [1.165, 1.54) is 0 Å². The van der Waals surface area contributed by atoms with Gasteiger partial charge in [-0.15, -0.1) is 0 Å². The first-order chi connectivity index (χ1) is 9.09. The molecule has 0 fully saturated rings. The Morgan fingerprint density at radius 2 is 1.70 bits per heavy atom. The Bertz CT molecular complexity index is 496. The summed E-state index contributed by atoms with van der Waals surface area (Å²) in [6, 6.07) is 1.08. The maximum absolute atomic E-state index is 12.5. The van der Waals surface area contributed by atoms with Gasteiger partial charge in [0.2, 0.25) is 0 Å². The van der Waals surface area contributed by atoms with Crippen molar-refractivity contribution in [2.24, 2.45) is 0 Å². The maximum atomic E-state index is 12.5. The van der Waals surface area contributed by atoms with Crippen molar-refractivity contribution in [3.8, 4) is 0 Å². The van der Waals surface area contributed by atoms with E-state index in [0.29, 0.717) is 12.1 Å². The number of halogens is 5. The number of hydrogen-bond acceptors (Lipinski definition) is 4. The van der Waals surface area contributed by atoms with Crippen LogP contribution in [0.1, 0.15) is 17.2 Å². The summed E-state index contributed by atoms with van der Waals surface area (Å²) < 4.78 is 41.8. The zero-order valence-electron chi connectivity index (χ0n) is 9.91. The third-order valence-electron chi connectivity index (χ3n) is 2.44. The molecule has 1 aromatic rings. The van der Waals surface area contributed by atoms with Gasteiger partial charge in [0, 0.05) is 15.6 Å². The fourth-order valence-corrected chi connectivity index (χ4v) is 2.15. The standard InChI is InChI=1S/C11H9Cl2F3O4/c1-20-10(19)9(18)8(17)7-5(12)2-4(3-6(7)13)11(14,15)16/h2-3,8-9,17-18H,1H3. The van der Waals surface area contributed by atoms with Gasteiger partial charge in [0.15, 0.2) is 6.10 Å². The molecule has 0 aromatic heterocycles. The number of aliphatic hydroxyl groups excluding tert-OH is 2. The van der Waals surface area contributed by atoms with Crippen molar-refractivity contribution in [2.45, 2.75) is 18.4 Å². The van der Waals surface area contributed by atoms with E-state index >= 15 is 0 Å². The quantitative estimate of drug-likeness (QED) is 0.835. The molecule has 4 nitrogen and oxygen atoms in total. The largest absolute Gasteiger partial charge is 0.467 e. The van der Waals surface area contributed by atoms with Crippen LogP contribution in [0.3, 0.4) is 0 Å². The lowest BCUT2D eigenvalue weighted by atomic mass is 10.0. The van der Waals surface area contributed by atoms with Gasteiger partial charge in [0.05, 0.1) is 12.7 Å². The molecule has 0 aliphatic carbocycles. The SMILES string of the molecule is COC(=O)C(O)C(O)c1c(Cl)cc(C(F)(F)F)cc1Cl. The molecule has 1 rings (SSSR count). The van der Waals surface area contributed by atoms with Crippen molar-refractivity contribution in [1.29, 1.82) is 0 Å². The second kappa shape index (κ2) is 6.17. The second-order valence-electron chi connectivity index (χ2n) is 3.76. The zero-order valence-corrected chi connectivity index (χ0v) is 11.4. The minimum absolute atomic E-state index is 0.390. The van der Waals surface area contributed by atoms with E-state index in [-0.39, 0.29) is 5.56 Å². The normalized spacial score (nSPS) is 14.8. The molecular formula is C11H9Cl2F3O4. The van der Waals surface area contributed by atoms with Gasteiger partial charge in [0.25, 0.3) is 0 Å². The lowest BCUT2D eigenvalue weighted by Gasteiger charge is -2.19. The fourth-order valence-electron chi connectivity index (χ4n) is 1.44. The zero-order chi connectivity index (χ0) is 15.7. The molecule has 112 valence electrons. The average molecular weight is 333 g/mol. The molecule has 0 aliphatic rings. The number of aliphatic hydroxyl groups is 2. The summed E-state index contributed by atoms with van der Waals surface area (Å²) in [5.41, 5.74) is -1.50. The van der Waals surface area contributed by atoms with E-state index in [4.69, 9.17) is 23.2 Å². The molecular weight excluding hydrogens is 324 g/mol. The van der Waals surface area contributed by atoms with Crippen LogP contribution in [0.2, 0.25) is 10.0 Å². The van der Waals surface area contributed by atoms with Crippen molar-refractivity contribution < 1.29 is 32.9 Å². The van der Waals surface area contributed by atoms with Gasteiger partial charge in [-0.25, -0.2) is 4.79 Å². The molecule has 2 unspecified atom stereocenters. The van der Waals surface area contributed by atoms with E-state index in [0.717, 1.165) is 7.11 Å². The minimum Gasteiger partial charge on any atom is -0.467 e. The van der Waals surface area contributed by atoms with Gasteiger partial charge >= 0.3 is 12.1 Å². The monoisotopic (exact) mass is 332 g/mol. The average Bonchev–Trinajstić information content (AvgIpc) is 2.34. The number of rotatable bonds is 3. The summed E-state index contributed by atoms with van der Waals surface area (Å²) in [7, 11) is 0.967. The second-order valence-corrected chi connectivity index (χ2v) is 4.58. The van der Waals surface area contributed by atoms with Crippen LogP contribution in [-0.2, 0) is 15.7 Å². The summed E-state index contributed by atoms with van der Waals surface area (Å²) in [5.74, 6) is -1.18. The lowest BCUT2D eigenvalue weighted by Crippen LogP contribution is -2.29. The molecule has 0 heterocycles. The van der Waals surface area contributed by atoms with Crippen molar-refractivity contribution in [1.82, 2.24) is 0 Å². The highest BCUT2D eigenvalue weighted by Gasteiger charge is 2.35. The predicted octanol–water partition coefficient (Wildman–Crippen LogP) is 2.58. The minimum atomic E-state index is -4.67. The number of methoxy groups -OCH3 is 1. The third-order valence-corrected chi connectivity index (χ3v) is 3.07. The first-order valence-corrected chi connectivity index (χ1v) is 5.85. The molecule has 0 spiro atoms. The Morgan fingerprint density at radius 1 is 1.25 bits per heavy atom. The van der Waals surface area contributed by atoms with Gasteiger partial charge in [-0.3, -0.25) is 0 Å². The van der Waals surface area contributed by atoms with E-state index in [1.807, 2.05) is 0 Å². The van der Waals surface area contributed by atoms with E-state index in [1.54, 1.807) is 0 Å². The topological polar surface area (TPSA) is 66.8 Å². The molecule has 0 aliphatic heterocycles. The number of esters is 1. The number of alkyl halides is 3. The fraction of sp³-hybridized carbons (Fsp3) is 0.364. The number of hydrogen-bond donors (Lipinski definition) is 2. The smallest absolute Gasteiger partial charge is 0.416 e. The van der Waals surface area contributed by atoms with Crippen LogP contribution in [0.5, 0.6) is 0 Å². The highest BCUT2D eigenvalue weighted by atomic mass is 35.5. The first-order valence-electron chi connectivity index (χ1n) is 5.09. The molecule has 0 saturated carbocycles. The van der Waals surface area contributed by atoms with Crippen molar-refractivity contribution in [2.75, 3.05) is 7.11 Å². The molecule has 0 bridgehead atoms. The summed E-state index contributed by atoms with van der Waals surface area (Å²) in [6.45, 7) is 0. The number of benzene rings is 1. The maximum Gasteiger partial charge on any atom is 0.416 e. The molecule has 0 amide bonds. The van der Waals surface area contributed by atoms with Crippen LogP contribution in [0.25, 0.3) is 0 Å². The van der Waals surface area contributed by atoms with Crippen molar-refractivity contribution >= 4 is 29.2 Å². The number of carbonyl (C=O) groups is 1. The lowest BCUT2D eigenvalue weighted by molar-refractivity contribution is -0.156. The highest BCUT2D eigenvalue weighted by molar-refractivity contribution is 6.36. The van der Waals surface area contributed by atoms with Crippen LogP contribution in [0, 0.1) is 0 Å². The van der Waals surface area contributed by atoms with Crippen LogP contribution in [0.4, 0.5) is 13.2 Å². The summed E-state index contributed by atoms with van der Waals surface area (Å²) >= 11 is 11.2.